The second-order valence-corrected chi connectivity index (χ2v) is 5.72. The second kappa shape index (κ2) is 5.62. The number of carbonyl (C=O) groups excluding carboxylic acids is 2. The number of rotatable bonds is 5. The van der Waals surface area contributed by atoms with E-state index in [0.29, 0.717) is 11.7 Å². The molecule has 0 radical (unpaired) electrons. The Morgan fingerprint density at radius 3 is 3.06 bits per heavy atom. The van der Waals surface area contributed by atoms with Crippen molar-refractivity contribution in [2.45, 2.75) is 43.0 Å². The number of esters is 1. The van der Waals surface area contributed by atoms with Crippen molar-refractivity contribution in [2.75, 3.05) is 12.9 Å². The molecule has 3 atom stereocenters. The molecule has 96 valence electrons. The fourth-order valence-corrected chi connectivity index (χ4v) is 3.90. The van der Waals surface area contributed by atoms with E-state index in [-0.39, 0.29) is 24.1 Å². The van der Waals surface area contributed by atoms with Gasteiger partial charge in [-0.15, -0.1) is 0 Å². The molecule has 5 nitrogen and oxygen atoms in total. The summed E-state index contributed by atoms with van der Waals surface area (Å²) in [4.78, 5) is 22.1. The second-order valence-electron chi connectivity index (χ2n) is 4.44. The Morgan fingerprint density at radius 2 is 2.29 bits per heavy atom. The number of carbonyl (C=O) groups is 2. The summed E-state index contributed by atoms with van der Waals surface area (Å²) in [5.74, 6) is 0.850. The SMILES string of the molecule is COC(=O)CCCC[C@@H]1SCC2NC(=O)N[C@@H]21. The third-order valence-electron chi connectivity index (χ3n) is 3.29. The first-order chi connectivity index (χ1) is 8.20. The molecule has 0 aliphatic carbocycles. The number of methoxy groups -OCH3 is 1. The minimum atomic E-state index is -0.141. The number of hydrogen-bond acceptors (Lipinski definition) is 4. The minimum Gasteiger partial charge on any atom is -0.469 e. The van der Waals surface area contributed by atoms with Crippen molar-refractivity contribution in [1.82, 2.24) is 10.6 Å². The maximum absolute atomic E-state index is 11.2. The van der Waals surface area contributed by atoms with Crippen molar-refractivity contribution in [3.8, 4) is 0 Å². The summed E-state index contributed by atoms with van der Waals surface area (Å²) in [6, 6.07) is 0.517. The molecule has 0 aromatic heterocycles. The van der Waals surface area contributed by atoms with Crippen LogP contribution in [0.5, 0.6) is 0 Å². The van der Waals surface area contributed by atoms with Crippen LogP contribution in [-0.4, -0.2) is 42.2 Å². The van der Waals surface area contributed by atoms with Crippen LogP contribution in [0.3, 0.4) is 0 Å². The molecular weight excluding hydrogens is 240 g/mol. The summed E-state index contributed by atoms with van der Waals surface area (Å²) in [6.45, 7) is 0. The van der Waals surface area contributed by atoms with Crippen LogP contribution in [0.4, 0.5) is 4.79 Å². The monoisotopic (exact) mass is 258 g/mol. The van der Waals surface area contributed by atoms with Gasteiger partial charge in [0.2, 0.25) is 0 Å². The van der Waals surface area contributed by atoms with Crippen molar-refractivity contribution in [2.24, 2.45) is 0 Å². The number of thioether (sulfide) groups is 1. The van der Waals surface area contributed by atoms with Crippen LogP contribution >= 0.6 is 11.8 Å². The molecule has 2 heterocycles. The van der Waals surface area contributed by atoms with E-state index in [1.54, 1.807) is 0 Å². The van der Waals surface area contributed by atoms with Crippen LogP contribution in [0.1, 0.15) is 25.7 Å². The minimum absolute atomic E-state index is 0.0418. The van der Waals surface area contributed by atoms with Crippen molar-refractivity contribution >= 4 is 23.8 Å². The molecule has 0 aromatic rings. The Labute approximate surface area is 105 Å². The van der Waals surface area contributed by atoms with Gasteiger partial charge in [0, 0.05) is 17.4 Å². The van der Waals surface area contributed by atoms with Crippen LogP contribution in [0, 0.1) is 0 Å². The lowest BCUT2D eigenvalue weighted by Crippen LogP contribution is -2.36. The lowest BCUT2D eigenvalue weighted by atomic mass is 10.0. The lowest BCUT2D eigenvalue weighted by molar-refractivity contribution is -0.140. The Bertz CT molecular complexity index is 311. The molecule has 0 spiro atoms. The van der Waals surface area contributed by atoms with E-state index in [1.807, 2.05) is 11.8 Å². The van der Waals surface area contributed by atoms with E-state index in [2.05, 4.69) is 15.4 Å². The molecule has 2 aliphatic rings. The van der Waals surface area contributed by atoms with Gasteiger partial charge in [-0.1, -0.05) is 6.42 Å². The largest absolute Gasteiger partial charge is 0.469 e. The third-order valence-corrected chi connectivity index (χ3v) is 4.79. The highest BCUT2D eigenvalue weighted by molar-refractivity contribution is 8.00. The highest BCUT2D eigenvalue weighted by Crippen LogP contribution is 2.33. The van der Waals surface area contributed by atoms with Crippen LogP contribution in [0.25, 0.3) is 0 Å². The molecular formula is C11H18N2O3S. The Morgan fingerprint density at radius 1 is 1.47 bits per heavy atom. The molecule has 1 unspecified atom stereocenters. The predicted octanol–water partition coefficient (Wildman–Crippen LogP) is 0.885. The molecule has 2 N–H and O–H groups in total. The van der Waals surface area contributed by atoms with E-state index in [9.17, 15) is 9.59 Å². The van der Waals surface area contributed by atoms with Gasteiger partial charge in [0.1, 0.15) is 0 Å². The van der Waals surface area contributed by atoms with Gasteiger partial charge >= 0.3 is 12.0 Å². The average molecular weight is 258 g/mol. The molecule has 0 bridgehead atoms. The molecule has 2 amide bonds. The first kappa shape index (κ1) is 12.5. The summed E-state index contributed by atoms with van der Waals surface area (Å²) in [5.41, 5.74) is 0. The van der Waals surface area contributed by atoms with E-state index in [0.717, 1.165) is 25.0 Å². The van der Waals surface area contributed by atoms with Crippen molar-refractivity contribution < 1.29 is 14.3 Å². The van der Waals surface area contributed by atoms with Gasteiger partial charge in [-0.25, -0.2) is 4.79 Å². The zero-order valence-corrected chi connectivity index (χ0v) is 10.7. The van der Waals surface area contributed by atoms with Gasteiger partial charge in [-0.3, -0.25) is 4.79 Å². The average Bonchev–Trinajstić information content (AvgIpc) is 2.84. The number of urea groups is 1. The van der Waals surface area contributed by atoms with E-state index in [4.69, 9.17) is 0 Å². The normalized spacial score (nSPS) is 30.6. The van der Waals surface area contributed by atoms with Crippen molar-refractivity contribution in [3.63, 3.8) is 0 Å². The van der Waals surface area contributed by atoms with Gasteiger partial charge in [0.25, 0.3) is 0 Å². The Kier molecular flexibility index (Phi) is 4.15. The summed E-state index contributed by atoms with van der Waals surface area (Å²) in [6.07, 6.45) is 3.41. The van der Waals surface area contributed by atoms with Crippen LogP contribution < -0.4 is 10.6 Å². The number of fused-ring (bicyclic) bond motifs is 1. The third kappa shape index (κ3) is 3.06. The molecule has 2 saturated heterocycles. The highest BCUT2D eigenvalue weighted by Gasteiger charge is 2.42. The van der Waals surface area contributed by atoms with Crippen LogP contribution in [-0.2, 0) is 9.53 Å². The molecule has 2 fully saturated rings. The summed E-state index contributed by atoms with van der Waals surface area (Å²) in [5, 5.41) is 6.37. The molecule has 2 rings (SSSR count). The standard InChI is InChI=1S/C11H18N2O3S/c1-16-9(14)5-3-2-4-8-10-7(6-17-8)12-11(15)13-10/h7-8,10H,2-6H2,1H3,(H2,12,13,15)/t7?,8-,10-/m0/s1. The van der Waals surface area contributed by atoms with Crippen molar-refractivity contribution in [3.05, 3.63) is 0 Å². The molecule has 0 aromatic carbocycles. The molecule has 0 saturated carbocycles. The van der Waals surface area contributed by atoms with Crippen LogP contribution in [0.2, 0.25) is 0 Å². The zero-order valence-electron chi connectivity index (χ0n) is 9.90. The highest BCUT2D eigenvalue weighted by atomic mass is 32.2. The van der Waals surface area contributed by atoms with Gasteiger partial charge in [-0.05, 0) is 12.8 Å². The van der Waals surface area contributed by atoms with Crippen molar-refractivity contribution in [1.29, 1.82) is 0 Å². The zero-order chi connectivity index (χ0) is 12.3. The summed E-state index contributed by atoms with van der Waals surface area (Å²) >= 11 is 1.91. The fraction of sp³-hybridized carbons (Fsp3) is 0.818. The number of unbranched alkanes of at least 4 members (excludes halogenated alkanes) is 1. The number of ether oxygens (including phenoxy) is 1. The van der Waals surface area contributed by atoms with E-state index < -0.39 is 0 Å². The summed E-state index contributed by atoms with van der Waals surface area (Å²) < 4.78 is 4.59. The lowest BCUT2D eigenvalue weighted by Gasteiger charge is -2.16. The molecule has 2 aliphatic heterocycles. The Hall–Kier alpha value is -0.910. The van der Waals surface area contributed by atoms with E-state index >= 15 is 0 Å². The maximum atomic E-state index is 11.2. The number of hydrogen-bond donors (Lipinski definition) is 2. The fourth-order valence-electron chi connectivity index (χ4n) is 2.36. The van der Waals surface area contributed by atoms with Gasteiger partial charge in [-0.2, -0.15) is 11.8 Å². The first-order valence-electron chi connectivity index (χ1n) is 5.96. The van der Waals surface area contributed by atoms with Gasteiger partial charge in [0.15, 0.2) is 0 Å². The predicted molar refractivity (Wildman–Crippen MR) is 66.0 cm³/mol. The smallest absolute Gasteiger partial charge is 0.315 e. The maximum Gasteiger partial charge on any atom is 0.315 e. The first-order valence-corrected chi connectivity index (χ1v) is 7.01. The quantitative estimate of drug-likeness (QED) is 0.436. The van der Waals surface area contributed by atoms with Gasteiger partial charge < -0.3 is 15.4 Å². The molecule has 6 heteroatoms. The number of nitrogens with one attached hydrogen (secondary N) is 2. The molecule has 17 heavy (non-hydrogen) atoms. The van der Waals surface area contributed by atoms with Crippen LogP contribution in [0.15, 0.2) is 0 Å². The topological polar surface area (TPSA) is 67.4 Å². The van der Waals surface area contributed by atoms with E-state index in [1.165, 1.54) is 7.11 Å². The summed E-state index contributed by atoms with van der Waals surface area (Å²) in [7, 11) is 1.42. The van der Waals surface area contributed by atoms with Gasteiger partial charge in [0.05, 0.1) is 19.2 Å². The Balaban J connectivity index is 1.66. The number of amides is 2.